The van der Waals surface area contributed by atoms with Crippen LogP contribution in [0.2, 0.25) is 5.02 Å². The Morgan fingerprint density at radius 1 is 1.33 bits per heavy atom. The molecule has 2 heterocycles. The first-order chi connectivity index (χ1) is 7.34. The molecule has 1 aromatic carbocycles. The van der Waals surface area contributed by atoms with Crippen LogP contribution in [0.5, 0.6) is 11.5 Å². The van der Waals surface area contributed by atoms with Gasteiger partial charge in [0.25, 0.3) is 0 Å². The molecule has 1 aromatic rings. The van der Waals surface area contributed by atoms with Gasteiger partial charge in [0.1, 0.15) is 0 Å². The molecule has 0 bridgehead atoms. The molecule has 15 heavy (non-hydrogen) atoms. The van der Waals surface area contributed by atoms with Crippen LogP contribution in [0.4, 0.5) is 0 Å². The number of benzene rings is 1. The zero-order chi connectivity index (χ0) is 10.3. The van der Waals surface area contributed by atoms with Crippen molar-refractivity contribution >= 4 is 11.6 Å². The smallest absolute Gasteiger partial charge is 0.231 e. The Balaban J connectivity index is 1.99. The van der Waals surface area contributed by atoms with Gasteiger partial charge in [-0.2, -0.15) is 0 Å². The maximum atomic E-state index is 6.12. The van der Waals surface area contributed by atoms with Crippen molar-refractivity contribution in [2.45, 2.75) is 18.9 Å². The van der Waals surface area contributed by atoms with Crippen LogP contribution < -0.4 is 14.8 Å². The molecule has 1 unspecified atom stereocenters. The largest absolute Gasteiger partial charge is 0.454 e. The summed E-state index contributed by atoms with van der Waals surface area (Å²) in [6, 6.07) is 4.41. The zero-order valence-corrected chi connectivity index (χ0v) is 9.01. The van der Waals surface area contributed by atoms with Crippen molar-refractivity contribution in [3.05, 3.63) is 22.7 Å². The van der Waals surface area contributed by atoms with Crippen LogP contribution in [0.1, 0.15) is 24.4 Å². The predicted octanol–water partition coefficient (Wildman–Crippen LogP) is 2.49. The summed E-state index contributed by atoms with van der Waals surface area (Å²) in [6.45, 7) is 1.35. The van der Waals surface area contributed by atoms with Crippen molar-refractivity contribution < 1.29 is 9.47 Å². The minimum absolute atomic E-state index is 0.274. The van der Waals surface area contributed by atoms with Gasteiger partial charge in [-0.1, -0.05) is 11.6 Å². The fraction of sp³-hybridized carbons (Fsp3) is 0.455. The fourth-order valence-corrected chi connectivity index (χ4v) is 2.43. The quantitative estimate of drug-likeness (QED) is 0.797. The minimum Gasteiger partial charge on any atom is -0.454 e. The average molecular weight is 226 g/mol. The van der Waals surface area contributed by atoms with Crippen LogP contribution in [-0.2, 0) is 0 Å². The van der Waals surface area contributed by atoms with E-state index < -0.39 is 0 Å². The molecular weight excluding hydrogens is 214 g/mol. The standard InChI is InChI=1S/C11H12ClNO2/c12-8-4-7(9-2-1-3-13-9)5-10-11(8)15-6-14-10/h4-5,9,13H,1-3,6H2. The molecule has 1 fully saturated rings. The number of fused-ring (bicyclic) bond motifs is 1. The van der Waals surface area contributed by atoms with Gasteiger partial charge in [0.2, 0.25) is 6.79 Å². The van der Waals surface area contributed by atoms with Crippen LogP contribution in [0.15, 0.2) is 12.1 Å². The Morgan fingerprint density at radius 3 is 3.07 bits per heavy atom. The predicted molar refractivity (Wildman–Crippen MR) is 57.6 cm³/mol. The summed E-state index contributed by atoms with van der Waals surface area (Å²) < 4.78 is 10.6. The highest BCUT2D eigenvalue weighted by Crippen LogP contribution is 2.41. The number of hydrogen-bond donors (Lipinski definition) is 1. The summed E-state index contributed by atoms with van der Waals surface area (Å²) in [6.07, 6.45) is 2.38. The van der Waals surface area contributed by atoms with Crippen LogP contribution in [0.3, 0.4) is 0 Å². The Labute approximate surface area is 93.3 Å². The highest BCUT2D eigenvalue weighted by atomic mass is 35.5. The molecule has 0 saturated carbocycles. The van der Waals surface area contributed by atoms with Gasteiger partial charge < -0.3 is 14.8 Å². The summed E-state index contributed by atoms with van der Waals surface area (Å²) in [4.78, 5) is 0. The lowest BCUT2D eigenvalue weighted by molar-refractivity contribution is 0.174. The van der Waals surface area contributed by atoms with Gasteiger partial charge in [0.05, 0.1) is 5.02 Å². The van der Waals surface area contributed by atoms with Gasteiger partial charge in [0.15, 0.2) is 11.5 Å². The van der Waals surface area contributed by atoms with E-state index in [1.807, 2.05) is 12.1 Å². The van der Waals surface area contributed by atoms with E-state index in [0.717, 1.165) is 18.7 Å². The molecule has 0 spiro atoms. The van der Waals surface area contributed by atoms with E-state index in [-0.39, 0.29) is 6.79 Å². The van der Waals surface area contributed by atoms with Gasteiger partial charge in [-0.05, 0) is 37.1 Å². The van der Waals surface area contributed by atoms with Crippen LogP contribution in [0.25, 0.3) is 0 Å². The summed E-state index contributed by atoms with van der Waals surface area (Å²) in [5.41, 5.74) is 1.20. The molecule has 3 rings (SSSR count). The lowest BCUT2D eigenvalue weighted by Crippen LogP contribution is -2.12. The second-order valence-electron chi connectivity index (χ2n) is 3.89. The monoisotopic (exact) mass is 225 g/mol. The number of rotatable bonds is 1. The molecule has 4 heteroatoms. The SMILES string of the molecule is Clc1cc(C2CCCN2)cc2c1OCO2. The lowest BCUT2D eigenvalue weighted by Gasteiger charge is -2.11. The third-order valence-corrected chi connectivity index (χ3v) is 3.19. The number of halogens is 1. The maximum absolute atomic E-state index is 6.12. The van der Waals surface area contributed by atoms with Crippen molar-refractivity contribution in [1.29, 1.82) is 0 Å². The van der Waals surface area contributed by atoms with Crippen LogP contribution >= 0.6 is 11.6 Å². The normalized spacial score (nSPS) is 23.4. The van der Waals surface area contributed by atoms with Crippen molar-refractivity contribution in [3.63, 3.8) is 0 Å². The van der Waals surface area contributed by atoms with Gasteiger partial charge in [-0.3, -0.25) is 0 Å². The molecule has 0 amide bonds. The van der Waals surface area contributed by atoms with Crippen molar-refractivity contribution in [3.8, 4) is 11.5 Å². The average Bonchev–Trinajstić information content (AvgIpc) is 2.88. The third kappa shape index (κ3) is 1.56. The van der Waals surface area contributed by atoms with E-state index >= 15 is 0 Å². The zero-order valence-electron chi connectivity index (χ0n) is 8.25. The van der Waals surface area contributed by atoms with Crippen molar-refractivity contribution in [2.75, 3.05) is 13.3 Å². The van der Waals surface area contributed by atoms with Crippen molar-refractivity contribution in [2.24, 2.45) is 0 Å². The van der Waals surface area contributed by atoms with Crippen LogP contribution in [0, 0.1) is 0 Å². The Hall–Kier alpha value is -0.930. The molecule has 1 saturated heterocycles. The maximum Gasteiger partial charge on any atom is 0.231 e. The van der Waals surface area contributed by atoms with E-state index in [4.69, 9.17) is 21.1 Å². The van der Waals surface area contributed by atoms with E-state index in [1.165, 1.54) is 12.0 Å². The van der Waals surface area contributed by atoms with Gasteiger partial charge in [-0.25, -0.2) is 0 Å². The molecule has 2 aliphatic rings. The first kappa shape index (κ1) is 9.31. The van der Waals surface area contributed by atoms with Crippen molar-refractivity contribution in [1.82, 2.24) is 5.32 Å². The Kier molecular flexibility index (Phi) is 2.22. The second-order valence-corrected chi connectivity index (χ2v) is 4.29. The Bertz CT molecular complexity index is 388. The summed E-state index contributed by atoms with van der Waals surface area (Å²) >= 11 is 6.12. The summed E-state index contributed by atoms with van der Waals surface area (Å²) in [5, 5.41) is 4.08. The van der Waals surface area contributed by atoms with E-state index in [9.17, 15) is 0 Å². The molecule has 1 atom stereocenters. The molecule has 3 nitrogen and oxygen atoms in total. The first-order valence-electron chi connectivity index (χ1n) is 5.17. The van der Waals surface area contributed by atoms with E-state index in [0.29, 0.717) is 16.8 Å². The Morgan fingerprint density at radius 2 is 2.27 bits per heavy atom. The lowest BCUT2D eigenvalue weighted by atomic mass is 10.0. The van der Waals surface area contributed by atoms with Crippen LogP contribution in [-0.4, -0.2) is 13.3 Å². The topological polar surface area (TPSA) is 30.5 Å². The summed E-state index contributed by atoms with van der Waals surface area (Å²) in [5.74, 6) is 1.45. The van der Waals surface area contributed by atoms with E-state index in [2.05, 4.69) is 5.32 Å². The van der Waals surface area contributed by atoms with Gasteiger partial charge in [-0.15, -0.1) is 0 Å². The number of nitrogens with one attached hydrogen (secondary N) is 1. The molecule has 80 valence electrons. The highest BCUT2D eigenvalue weighted by Gasteiger charge is 2.23. The van der Waals surface area contributed by atoms with Gasteiger partial charge in [0, 0.05) is 6.04 Å². The third-order valence-electron chi connectivity index (χ3n) is 2.91. The highest BCUT2D eigenvalue weighted by molar-refractivity contribution is 6.32. The molecule has 0 radical (unpaired) electrons. The molecule has 1 N–H and O–H groups in total. The molecule has 2 aliphatic heterocycles. The van der Waals surface area contributed by atoms with E-state index in [1.54, 1.807) is 0 Å². The summed E-state index contributed by atoms with van der Waals surface area (Å²) in [7, 11) is 0. The van der Waals surface area contributed by atoms with Gasteiger partial charge >= 0.3 is 0 Å². The minimum atomic E-state index is 0.274. The fourth-order valence-electron chi connectivity index (χ4n) is 2.16. The number of hydrogen-bond acceptors (Lipinski definition) is 3. The first-order valence-corrected chi connectivity index (χ1v) is 5.55. The molecule has 0 aliphatic carbocycles. The molecular formula is C11H12ClNO2. The second kappa shape index (κ2) is 3.58. The molecule has 0 aromatic heterocycles. The number of ether oxygens (including phenoxy) is 2.